The molecule has 0 aliphatic carbocycles. The lowest BCUT2D eigenvalue weighted by molar-refractivity contribution is -0.908. The second kappa shape index (κ2) is 11.3. The molecule has 0 saturated carbocycles. The van der Waals surface area contributed by atoms with Crippen LogP contribution < -0.4 is 10.0 Å². The molecule has 6 nitrogen and oxygen atoms in total. The van der Waals surface area contributed by atoms with Gasteiger partial charge in [-0.05, 0) is 34.9 Å². The summed E-state index contributed by atoms with van der Waals surface area (Å²) in [5.74, 6) is -1.68. The van der Waals surface area contributed by atoms with Crippen molar-refractivity contribution >= 4 is 17.8 Å². The Morgan fingerprint density at radius 2 is 1.82 bits per heavy atom. The summed E-state index contributed by atoms with van der Waals surface area (Å²) >= 11 is 0. The third-order valence-corrected chi connectivity index (χ3v) is 6.61. The number of amides is 1. The summed E-state index contributed by atoms with van der Waals surface area (Å²) in [6.07, 6.45) is 4.75. The molecule has 0 spiro atoms. The van der Waals surface area contributed by atoms with Gasteiger partial charge in [-0.1, -0.05) is 67.6 Å². The molecule has 2 aromatic rings. The zero-order chi connectivity index (χ0) is 23.9. The molecule has 6 heteroatoms. The molecule has 34 heavy (non-hydrogen) atoms. The Balaban J connectivity index is 1.57. The predicted octanol–water partition coefficient (Wildman–Crippen LogP) is 1.33. The van der Waals surface area contributed by atoms with E-state index in [9.17, 15) is 14.7 Å². The highest BCUT2D eigenvalue weighted by atomic mass is 16.5. The van der Waals surface area contributed by atoms with Gasteiger partial charge in [0.1, 0.15) is 13.1 Å². The van der Waals surface area contributed by atoms with E-state index in [-0.39, 0.29) is 5.57 Å². The number of ether oxygens (including phenoxy) is 1. The number of nitrogens with zero attached hydrogens (tertiary/aromatic N) is 1. The summed E-state index contributed by atoms with van der Waals surface area (Å²) in [6, 6.07) is 16.7. The minimum atomic E-state index is -0.689. The van der Waals surface area contributed by atoms with Crippen LogP contribution in [0.1, 0.15) is 36.1 Å². The van der Waals surface area contributed by atoms with Gasteiger partial charge in [-0.15, -0.1) is 0 Å². The van der Waals surface area contributed by atoms with Crippen LogP contribution in [0.15, 0.2) is 72.0 Å². The van der Waals surface area contributed by atoms with E-state index in [1.807, 2.05) is 54.6 Å². The van der Waals surface area contributed by atoms with E-state index in [1.165, 1.54) is 16.5 Å². The van der Waals surface area contributed by atoms with E-state index in [2.05, 4.69) is 6.92 Å². The maximum Gasteiger partial charge on any atom is 0.239 e. The van der Waals surface area contributed by atoms with Crippen LogP contribution in [0.5, 0.6) is 0 Å². The van der Waals surface area contributed by atoms with Crippen LogP contribution in [0.3, 0.4) is 0 Å². The molecule has 2 aliphatic rings. The van der Waals surface area contributed by atoms with Gasteiger partial charge < -0.3 is 19.6 Å². The van der Waals surface area contributed by atoms with Crippen LogP contribution >= 0.6 is 0 Å². The molecule has 1 amide bonds. The highest BCUT2D eigenvalue weighted by Gasteiger charge is 2.38. The van der Waals surface area contributed by atoms with Crippen molar-refractivity contribution in [3.05, 3.63) is 88.7 Å². The van der Waals surface area contributed by atoms with Gasteiger partial charge in [0.25, 0.3) is 0 Å². The predicted molar refractivity (Wildman–Crippen MR) is 129 cm³/mol. The SMILES string of the molecule is CCc1ccc(C2C(C(=O)/C=C/c3ccccc3)=C([O-])C(=O)N2CCC[NH+]2CCOCC2)cc1. The summed E-state index contributed by atoms with van der Waals surface area (Å²) < 4.78 is 5.42. The average molecular weight is 461 g/mol. The standard InChI is InChI=1S/C28H32N2O4/c1-2-21-9-12-23(13-10-21)26-25(24(31)14-11-22-7-4-3-5-8-22)27(32)28(33)30(26)16-6-15-29-17-19-34-20-18-29/h3-5,7-14,26,32H,2,6,15-20H2,1H3/b14-11+. The van der Waals surface area contributed by atoms with Gasteiger partial charge in [0, 0.05) is 18.5 Å². The number of carbonyl (C=O) groups is 2. The lowest BCUT2D eigenvalue weighted by Gasteiger charge is -2.29. The van der Waals surface area contributed by atoms with Crippen molar-refractivity contribution in [3.63, 3.8) is 0 Å². The van der Waals surface area contributed by atoms with Gasteiger partial charge in [-0.2, -0.15) is 0 Å². The summed E-state index contributed by atoms with van der Waals surface area (Å²) in [6.45, 7) is 6.83. The van der Waals surface area contributed by atoms with E-state index in [1.54, 1.807) is 11.0 Å². The number of allylic oxidation sites excluding steroid dienone is 1. The summed E-state index contributed by atoms with van der Waals surface area (Å²) in [7, 11) is 0. The van der Waals surface area contributed by atoms with Crippen molar-refractivity contribution in [1.82, 2.24) is 4.90 Å². The molecule has 1 unspecified atom stereocenters. The molecule has 1 atom stereocenters. The van der Waals surface area contributed by atoms with Crippen LogP contribution in [0.2, 0.25) is 0 Å². The molecular weight excluding hydrogens is 428 g/mol. The van der Waals surface area contributed by atoms with Crippen LogP contribution in [-0.2, 0) is 20.7 Å². The number of hydrogen-bond acceptors (Lipinski definition) is 4. The minimum absolute atomic E-state index is 0.0418. The Hall–Kier alpha value is -3.22. The average Bonchev–Trinajstić information content (AvgIpc) is 3.14. The van der Waals surface area contributed by atoms with Crippen LogP contribution in [0.25, 0.3) is 6.08 Å². The second-order valence-corrected chi connectivity index (χ2v) is 8.81. The molecular formula is C28H32N2O4. The molecule has 178 valence electrons. The van der Waals surface area contributed by atoms with E-state index < -0.39 is 23.5 Å². The molecule has 4 rings (SSSR count). The molecule has 2 aromatic carbocycles. The van der Waals surface area contributed by atoms with E-state index >= 15 is 0 Å². The smallest absolute Gasteiger partial charge is 0.239 e. The topological polar surface area (TPSA) is 74.1 Å². The van der Waals surface area contributed by atoms with E-state index in [4.69, 9.17) is 4.74 Å². The number of rotatable bonds is 9. The molecule has 2 aliphatic heterocycles. The fraction of sp³-hybridized carbons (Fsp3) is 0.357. The normalized spacial score (nSPS) is 19.4. The van der Waals surface area contributed by atoms with Crippen molar-refractivity contribution in [2.75, 3.05) is 39.4 Å². The Morgan fingerprint density at radius 1 is 1.12 bits per heavy atom. The second-order valence-electron chi connectivity index (χ2n) is 8.81. The molecule has 1 fully saturated rings. The molecule has 0 radical (unpaired) electrons. The fourth-order valence-corrected chi connectivity index (χ4v) is 4.64. The fourth-order valence-electron chi connectivity index (χ4n) is 4.64. The maximum atomic E-state index is 13.2. The first kappa shape index (κ1) is 23.9. The van der Waals surface area contributed by atoms with Crippen molar-refractivity contribution in [1.29, 1.82) is 0 Å². The van der Waals surface area contributed by atoms with Crippen molar-refractivity contribution < 1.29 is 24.3 Å². The summed E-state index contributed by atoms with van der Waals surface area (Å²) in [5, 5.41) is 13.0. The van der Waals surface area contributed by atoms with E-state index in [0.29, 0.717) is 6.54 Å². The monoisotopic (exact) mass is 460 g/mol. The van der Waals surface area contributed by atoms with Gasteiger partial charge in [-0.25, -0.2) is 0 Å². The van der Waals surface area contributed by atoms with Crippen molar-refractivity contribution in [3.8, 4) is 0 Å². The molecule has 1 N–H and O–H groups in total. The zero-order valence-electron chi connectivity index (χ0n) is 19.7. The van der Waals surface area contributed by atoms with Crippen LogP contribution in [-0.4, -0.2) is 56.0 Å². The molecule has 0 aromatic heterocycles. The van der Waals surface area contributed by atoms with Gasteiger partial charge in [0.2, 0.25) is 5.91 Å². The number of benzene rings is 2. The van der Waals surface area contributed by atoms with Crippen molar-refractivity contribution in [2.24, 2.45) is 0 Å². The third kappa shape index (κ3) is 5.46. The van der Waals surface area contributed by atoms with Gasteiger partial charge >= 0.3 is 0 Å². The minimum Gasteiger partial charge on any atom is -0.868 e. The van der Waals surface area contributed by atoms with Gasteiger partial charge in [-0.3, -0.25) is 9.59 Å². The highest BCUT2D eigenvalue weighted by Crippen LogP contribution is 2.37. The number of carbonyl (C=O) groups excluding carboxylic acids is 2. The summed E-state index contributed by atoms with van der Waals surface area (Å²) in [5.41, 5.74) is 2.87. The number of quaternary nitrogens is 1. The molecule has 1 saturated heterocycles. The van der Waals surface area contributed by atoms with Gasteiger partial charge in [0.15, 0.2) is 5.78 Å². The number of nitrogens with one attached hydrogen (secondary N) is 1. The first-order valence-corrected chi connectivity index (χ1v) is 12.1. The van der Waals surface area contributed by atoms with Crippen LogP contribution in [0.4, 0.5) is 0 Å². The number of ketones is 1. The van der Waals surface area contributed by atoms with Gasteiger partial charge in [0.05, 0.1) is 25.8 Å². The lowest BCUT2D eigenvalue weighted by Crippen LogP contribution is -3.14. The number of aryl methyl sites for hydroxylation is 1. The largest absolute Gasteiger partial charge is 0.868 e. The molecule has 0 bridgehead atoms. The Bertz CT molecular complexity index is 1050. The first-order chi connectivity index (χ1) is 16.6. The zero-order valence-corrected chi connectivity index (χ0v) is 19.7. The maximum absolute atomic E-state index is 13.2. The first-order valence-electron chi connectivity index (χ1n) is 12.1. The van der Waals surface area contributed by atoms with Crippen LogP contribution in [0, 0.1) is 0 Å². The Morgan fingerprint density at radius 3 is 2.50 bits per heavy atom. The van der Waals surface area contributed by atoms with E-state index in [0.717, 1.165) is 56.8 Å². The lowest BCUT2D eigenvalue weighted by atomic mass is 9.94. The number of hydrogen-bond donors (Lipinski definition) is 1. The molecule has 2 heterocycles. The Kier molecular flexibility index (Phi) is 7.93. The van der Waals surface area contributed by atoms with Crippen molar-refractivity contribution in [2.45, 2.75) is 25.8 Å². The Labute approximate surface area is 201 Å². The third-order valence-electron chi connectivity index (χ3n) is 6.61. The quantitative estimate of drug-likeness (QED) is 0.573. The summed E-state index contributed by atoms with van der Waals surface area (Å²) in [4.78, 5) is 29.3. The highest BCUT2D eigenvalue weighted by molar-refractivity contribution is 6.14. The number of morpholine rings is 1.